The number of anilines is 2. The molecule has 0 atom stereocenters. The van der Waals surface area contributed by atoms with E-state index in [1.165, 1.54) is 6.07 Å². The van der Waals surface area contributed by atoms with Crippen LogP contribution in [0.5, 0.6) is 0 Å². The van der Waals surface area contributed by atoms with E-state index < -0.39 is 6.03 Å². The molecule has 0 saturated heterocycles. The number of imidazole rings is 1. The zero-order valence-corrected chi connectivity index (χ0v) is 19.3. The minimum absolute atomic E-state index is 0.355. The third kappa shape index (κ3) is 5.06. The van der Waals surface area contributed by atoms with Crippen molar-refractivity contribution in [2.75, 3.05) is 10.6 Å². The van der Waals surface area contributed by atoms with E-state index in [1.54, 1.807) is 19.1 Å². The number of aryl methyl sites for hydroxylation is 3. The van der Waals surface area contributed by atoms with Crippen LogP contribution in [-0.2, 0) is 12.8 Å². The van der Waals surface area contributed by atoms with Gasteiger partial charge in [-0.3, -0.25) is 4.57 Å². The predicted molar refractivity (Wildman–Crippen MR) is 139 cm³/mol. The van der Waals surface area contributed by atoms with Gasteiger partial charge in [0.25, 0.3) is 0 Å². The van der Waals surface area contributed by atoms with E-state index in [2.05, 4.69) is 33.4 Å². The molecule has 1 heterocycles. The Morgan fingerprint density at radius 3 is 2.37 bits per heavy atom. The summed E-state index contributed by atoms with van der Waals surface area (Å²) in [5.41, 5.74) is 5.81. The van der Waals surface area contributed by atoms with Crippen molar-refractivity contribution in [3.05, 3.63) is 120 Å². The summed E-state index contributed by atoms with van der Waals surface area (Å²) in [4.78, 5) is 17.3. The van der Waals surface area contributed by atoms with Gasteiger partial charge >= 0.3 is 6.03 Å². The van der Waals surface area contributed by atoms with Gasteiger partial charge in [-0.2, -0.15) is 0 Å². The number of fused-ring (bicyclic) bond motifs is 1. The number of hydrogen-bond donors (Lipinski definition) is 2. The molecule has 2 amide bonds. The molecule has 174 valence electrons. The molecule has 5 rings (SSSR count). The van der Waals surface area contributed by atoms with Crippen molar-refractivity contribution in [1.29, 1.82) is 0 Å². The largest absolute Gasteiger partial charge is 0.323 e. The molecule has 2 N–H and O–H groups in total. The van der Waals surface area contributed by atoms with E-state index >= 15 is 0 Å². The fourth-order valence-electron chi connectivity index (χ4n) is 4.13. The number of nitrogens with zero attached hydrogens (tertiary/aromatic N) is 2. The van der Waals surface area contributed by atoms with Crippen LogP contribution in [0.25, 0.3) is 16.7 Å². The van der Waals surface area contributed by atoms with Gasteiger partial charge in [-0.05, 0) is 73.0 Å². The highest BCUT2D eigenvalue weighted by Crippen LogP contribution is 2.23. The fourth-order valence-corrected chi connectivity index (χ4v) is 4.13. The Balaban J connectivity index is 1.31. The highest BCUT2D eigenvalue weighted by Gasteiger charge is 2.12. The third-order valence-corrected chi connectivity index (χ3v) is 5.90. The van der Waals surface area contributed by atoms with Crippen molar-refractivity contribution in [3.63, 3.8) is 0 Å². The van der Waals surface area contributed by atoms with Gasteiger partial charge in [-0.15, -0.1) is 0 Å². The van der Waals surface area contributed by atoms with Crippen LogP contribution in [0.4, 0.5) is 20.6 Å². The van der Waals surface area contributed by atoms with E-state index in [4.69, 9.17) is 4.98 Å². The van der Waals surface area contributed by atoms with Crippen LogP contribution in [0.15, 0.2) is 97.1 Å². The maximum absolute atomic E-state index is 13.8. The van der Waals surface area contributed by atoms with E-state index in [-0.39, 0.29) is 5.82 Å². The lowest BCUT2D eigenvalue weighted by Gasteiger charge is -2.11. The number of nitrogens with one attached hydrogen (secondary N) is 2. The molecule has 0 unspecified atom stereocenters. The van der Waals surface area contributed by atoms with Crippen molar-refractivity contribution in [2.24, 2.45) is 0 Å². The predicted octanol–water partition coefficient (Wildman–Crippen LogP) is 6.90. The summed E-state index contributed by atoms with van der Waals surface area (Å²) < 4.78 is 16.0. The zero-order valence-electron chi connectivity index (χ0n) is 19.3. The van der Waals surface area contributed by atoms with Gasteiger partial charge < -0.3 is 10.6 Å². The molecule has 0 aliphatic rings. The lowest BCUT2D eigenvalue weighted by molar-refractivity contribution is 0.262. The van der Waals surface area contributed by atoms with Crippen LogP contribution in [-0.4, -0.2) is 15.6 Å². The summed E-state index contributed by atoms with van der Waals surface area (Å²) in [5.74, 6) is 0.626. The van der Waals surface area contributed by atoms with Gasteiger partial charge in [-0.25, -0.2) is 14.2 Å². The average molecular weight is 465 g/mol. The molecule has 0 bridgehead atoms. The van der Waals surface area contributed by atoms with Crippen molar-refractivity contribution in [3.8, 4) is 5.69 Å². The Morgan fingerprint density at radius 1 is 0.829 bits per heavy atom. The number of halogens is 1. The molecule has 5 aromatic rings. The summed E-state index contributed by atoms with van der Waals surface area (Å²) in [7, 11) is 0. The van der Waals surface area contributed by atoms with Crippen LogP contribution in [0, 0.1) is 12.7 Å². The first-order valence-corrected chi connectivity index (χ1v) is 11.5. The third-order valence-electron chi connectivity index (χ3n) is 5.90. The van der Waals surface area contributed by atoms with Crippen molar-refractivity contribution < 1.29 is 9.18 Å². The first-order valence-electron chi connectivity index (χ1n) is 11.5. The number of aromatic nitrogens is 2. The fraction of sp³-hybridized carbons (Fsp3) is 0.103. The second kappa shape index (κ2) is 9.81. The van der Waals surface area contributed by atoms with Gasteiger partial charge in [-0.1, -0.05) is 48.5 Å². The molecule has 35 heavy (non-hydrogen) atoms. The Hall–Kier alpha value is -4.45. The molecule has 1 aromatic heterocycles. The summed E-state index contributed by atoms with van der Waals surface area (Å²) in [6, 6.07) is 30.3. The van der Waals surface area contributed by atoms with E-state index in [9.17, 15) is 9.18 Å². The molecule has 6 heteroatoms. The molecule has 0 saturated carbocycles. The maximum atomic E-state index is 13.8. The molecule has 5 nitrogen and oxygen atoms in total. The average Bonchev–Trinajstić information content (AvgIpc) is 3.24. The summed E-state index contributed by atoms with van der Waals surface area (Å²) in [6.07, 6.45) is 1.50. The van der Waals surface area contributed by atoms with Crippen LogP contribution < -0.4 is 10.6 Å². The second-order valence-electron chi connectivity index (χ2n) is 8.43. The highest BCUT2D eigenvalue weighted by atomic mass is 19.1. The minimum Gasteiger partial charge on any atom is -0.308 e. The summed E-state index contributed by atoms with van der Waals surface area (Å²) in [6.45, 7) is 1.68. The topological polar surface area (TPSA) is 59.0 Å². The Bertz CT molecular complexity index is 1490. The lowest BCUT2D eigenvalue weighted by Crippen LogP contribution is -2.19. The van der Waals surface area contributed by atoms with Gasteiger partial charge in [0, 0.05) is 23.5 Å². The molecule has 0 aliphatic carbocycles. The maximum Gasteiger partial charge on any atom is 0.323 e. The monoisotopic (exact) mass is 464 g/mol. The lowest BCUT2D eigenvalue weighted by atomic mass is 10.1. The van der Waals surface area contributed by atoms with Gasteiger partial charge in [0.15, 0.2) is 0 Å². The number of hydrogen-bond acceptors (Lipinski definition) is 2. The Labute approximate surface area is 203 Å². The van der Waals surface area contributed by atoms with Crippen LogP contribution in [0.1, 0.15) is 17.0 Å². The number of amides is 2. The van der Waals surface area contributed by atoms with Gasteiger partial charge in [0.05, 0.1) is 11.0 Å². The molecular weight excluding hydrogens is 439 g/mol. The number of carbonyl (C=O) groups excluding carboxylic acids is 1. The van der Waals surface area contributed by atoms with Crippen molar-refractivity contribution in [2.45, 2.75) is 19.8 Å². The molecular formula is C29H25FN4O. The van der Waals surface area contributed by atoms with Crippen LogP contribution in [0.2, 0.25) is 0 Å². The summed E-state index contributed by atoms with van der Waals surface area (Å²) >= 11 is 0. The minimum atomic E-state index is -0.420. The normalized spacial score (nSPS) is 10.9. The van der Waals surface area contributed by atoms with E-state index in [0.29, 0.717) is 16.9 Å². The van der Waals surface area contributed by atoms with Crippen molar-refractivity contribution in [1.82, 2.24) is 9.55 Å². The molecule has 0 radical (unpaired) electrons. The quantitative estimate of drug-likeness (QED) is 0.287. The SMILES string of the molecule is Cc1ccc(NC(=O)Nc2cccc(CCc3nc4ccccc4n3-c3ccccc3)c2)cc1F. The van der Waals surface area contributed by atoms with E-state index in [0.717, 1.165) is 41.0 Å². The van der Waals surface area contributed by atoms with Crippen LogP contribution >= 0.6 is 0 Å². The first kappa shape index (κ1) is 22.3. The molecule has 0 spiro atoms. The van der Waals surface area contributed by atoms with Crippen molar-refractivity contribution >= 4 is 28.4 Å². The number of rotatable bonds is 6. The number of urea groups is 1. The van der Waals surface area contributed by atoms with E-state index in [1.807, 2.05) is 60.7 Å². The molecule has 0 aliphatic heterocycles. The summed E-state index contributed by atoms with van der Waals surface area (Å²) in [5, 5.41) is 5.50. The standard InChI is InChI=1S/C29H25FN4O/c1-20-14-16-23(19-25(20)30)32-29(35)31-22-9-7-8-21(18-22)15-17-28-33-26-12-5-6-13-27(26)34(28)24-10-3-2-4-11-24/h2-14,16,18-19H,15,17H2,1H3,(H2,31,32,35). The molecule has 0 fully saturated rings. The smallest absolute Gasteiger partial charge is 0.308 e. The molecule has 4 aromatic carbocycles. The van der Waals surface area contributed by atoms with Crippen LogP contribution in [0.3, 0.4) is 0 Å². The van der Waals surface area contributed by atoms with Gasteiger partial charge in [0.2, 0.25) is 0 Å². The number of benzene rings is 4. The first-order chi connectivity index (χ1) is 17.1. The second-order valence-corrected chi connectivity index (χ2v) is 8.43. The highest BCUT2D eigenvalue weighted by molar-refractivity contribution is 5.99. The van der Waals surface area contributed by atoms with Gasteiger partial charge in [0.1, 0.15) is 11.6 Å². The zero-order chi connectivity index (χ0) is 24.2. The Kier molecular flexibility index (Phi) is 6.26. The Morgan fingerprint density at radius 2 is 1.57 bits per heavy atom. The number of carbonyl (C=O) groups is 1. The number of para-hydroxylation sites is 3.